The standard InChI is InChI=1S/C25H20ClN3O4S/c26-18-8-2-4-10-20(18)27-23(30)15-34-25-28-19-9-3-1-7-17(19)24(31)29(25)13-16-14-32-21-11-5-6-12-22(21)33-16/h1-12,16H,13-15H2,(H,27,30). The van der Waals surface area contributed by atoms with Gasteiger partial charge in [-0.25, -0.2) is 4.98 Å². The predicted molar refractivity (Wildman–Crippen MR) is 133 cm³/mol. The summed E-state index contributed by atoms with van der Waals surface area (Å²) in [6.07, 6.45) is -0.383. The minimum atomic E-state index is -0.383. The lowest BCUT2D eigenvalue weighted by molar-refractivity contribution is -0.113. The Morgan fingerprint density at radius 1 is 1.06 bits per heavy atom. The summed E-state index contributed by atoms with van der Waals surface area (Å²) in [7, 11) is 0. The molecule has 0 spiro atoms. The average molecular weight is 494 g/mol. The second-order valence-corrected chi connectivity index (χ2v) is 8.99. The monoisotopic (exact) mass is 493 g/mol. The van der Waals surface area contributed by atoms with E-state index in [1.807, 2.05) is 30.3 Å². The van der Waals surface area contributed by atoms with Gasteiger partial charge in [0, 0.05) is 0 Å². The number of ether oxygens (including phenoxy) is 2. The maximum atomic E-state index is 13.3. The lowest BCUT2D eigenvalue weighted by Gasteiger charge is -2.27. The van der Waals surface area contributed by atoms with Crippen molar-refractivity contribution in [2.75, 3.05) is 17.7 Å². The van der Waals surface area contributed by atoms with Crippen molar-refractivity contribution in [1.82, 2.24) is 9.55 Å². The van der Waals surface area contributed by atoms with Crippen LogP contribution < -0.4 is 20.3 Å². The molecule has 1 unspecified atom stereocenters. The number of carbonyl (C=O) groups excluding carboxylic acids is 1. The van der Waals surface area contributed by atoms with Crippen LogP contribution >= 0.6 is 23.4 Å². The lowest BCUT2D eigenvalue weighted by Crippen LogP contribution is -2.37. The van der Waals surface area contributed by atoms with E-state index in [1.165, 1.54) is 11.8 Å². The highest BCUT2D eigenvalue weighted by molar-refractivity contribution is 7.99. The second kappa shape index (κ2) is 9.79. The zero-order chi connectivity index (χ0) is 23.5. The van der Waals surface area contributed by atoms with Gasteiger partial charge in [0.05, 0.1) is 33.9 Å². The molecule has 0 fully saturated rings. The number of benzene rings is 3. The van der Waals surface area contributed by atoms with Gasteiger partial charge in [-0.15, -0.1) is 0 Å². The van der Waals surface area contributed by atoms with Gasteiger partial charge >= 0.3 is 0 Å². The molecule has 1 amide bonds. The van der Waals surface area contributed by atoms with E-state index in [0.717, 1.165) is 0 Å². The SMILES string of the molecule is O=C(CSc1nc2ccccc2c(=O)n1CC1COc2ccccc2O1)Nc1ccccc1Cl. The molecule has 5 rings (SSSR count). The van der Waals surface area contributed by atoms with Crippen molar-refractivity contribution in [2.24, 2.45) is 0 Å². The molecule has 0 radical (unpaired) electrons. The third-order valence-electron chi connectivity index (χ3n) is 5.26. The van der Waals surface area contributed by atoms with Crippen LogP contribution in [-0.2, 0) is 11.3 Å². The number of rotatable bonds is 6. The van der Waals surface area contributed by atoms with Gasteiger partial charge in [0.25, 0.3) is 5.56 Å². The second-order valence-electron chi connectivity index (χ2n) is 7.64. The van der Waals surface area contributed by atoms with E-state index in [-0.39, 0.29) is 29.9 Å². The van der Waals surface area contributed by atoms with Crippen molar-refractivity contribution >= 4 is 45.9 Å². The van der Waals surface area contributed by atoms with Crippen molar-refractivity contribution in [2.45, 2.75) is 17.8 Å². The number of nitrogens with one attached hydrogen (secondary N) is 1. The fourth-order valence-corrected chi connectivity index (χ4v) is 4.65. The Labute approximate surface area is 204 Å². The van der Waals surface area contributed by atoms with Gasteiger partial charge < -0.3 is 14.8 Å². The van der Waals surface area contributed by atoms with Crippen LogP contribution in [0.4, 0.5) is 5.69 Å². The first-order valence-electron chi connectivity index (χ1n) is 10.6. The number of anilines is 1. The van der Waals surface area contributed by atoms with Crippen LogP contribution in [-0.4, -0.2) is 33.9 Å². The minimum absolute atomic E-state index is 0.0564. The molecule has 34 heavy (non-hydrogen) atoms. The van der Waals surface area contributed by atoms with E-state index >= 15 is 0 Å². The Bertz CT molecular complexity index is 1420. The van der Waals surface area contributed by atoms with Gasteiger partial charge in [0.2, 0.25) is 5.91 Å². The molecule has 2 heterocycles. The van der Waals surface area contributed by atoms with Gasteiger partial charge in [-0.1, -0.05) is 59.8 Å². The summed E-state index contributed by atoms with van der Waals surface area (Å²) < 4.78 is 13.4. The largest absolute Gasteiger partial charge is 0.486 e. The molecule has 172 valence electrons. The zero-order valence-electron chi connectivity index (χ0n) is 17.9. The number of hydrogen-bond acceptors (Lipinski definition) is 6. The number of para-hydroxylation sites is 4. The summed E-state index contributed by atoms with van der Waals surface area (Å²) in [5.74, 6) is 1.11. The van der Waals surface area contributed by atoms with Gasteiger partial charge in [-0.3, -0.25) is 14.2 Å². The van der Waals surface area contributed by atoms with Crippen LogP contribution in [0, 0.1) is 0 Å². The lowest BCUT2D eigenvalue weighted by atomic mass is 10.2. The summed E-state index contributed by atoms with van der Waals surface area (Å²) in [4.78, 5) is 30.6. The summed E-state index contributed by atoms with van der Waals surface area (Å²) in [5, 5.41) is 4.18. The highest BCUT2D eigenvalue weighted by Gasteiger charge is 2.24. The molecule has 7 nitrogen and oxygen atoms in total. The maximum Gasteiger partial charge on any atom is 0.262 e. The Kier molecular flexibility index (Phi) is 6.42. The molecule has 1 aliphatic heterocycles. The topological polar surface area (TPSA) is 82.5 Å². The summed E-state index contributed by atoms with van der Waals surface area (Å²) in [5.41, 5.74) is 0.913. The van der Waals surface area contributed by atoms with Crippen molar-refractivity contribution < 1.29 is 14.3 Å². The molecule has 1 atom stereocenters. The van der Waals surface area contributed by atoms with Crippen LogP contribution in [0.25, 0.3) is 10.9 Å². The fourth-order valence-electron chi connectivity index (χ4n) is 3.65. The number of aromatic nitrogens is 2. The average Bonchev–Trinajstić information content (AvgIpc) is 2.86. The molecule has 1 aromatic heterocycles. The van der Waals surface area contributed by atoms with Crippen molar-refractivity contribution in [3.63, 3.8) is 0 Å². The van der Waals surface area contributed by atoms with Gasteiger partial charge in [-0.05, 0) is 36.4 Å². The van der Waals surface area contributed by atoms with Crippen LogP contribution in [0.5, 0.6) is 11.5 Å². The molecular weight excluding hydrogens is 474 g/mol. The molecule has 0 saturated heterocycles. The van der Waals surface area contributed by atoms with E-state index in [1.54, 1.807) is 47.0 Å². The third-order valence-corrected chi connectivity index (χ3v) is 6.57. The van der Waals surface area contributed by atoms with Crippen molar-refractivity contribution in [3.05, 3.63) is 88.2 Å². The first-order valence-corrected chi connectivity index (χ1v) is 12.0. The third kappa shape index (κ3) is 4.73. The highest BCUT2D eigenvalue weighted by atomic mass is 35.5. The van der Waals surface area contributed by atoms with Crippen LogP contribution in [0.1, 0.15) is 0 Å². The Morgan fingerprint density at radius 3 is 2.65 bits per heavy atom. The van der Waals surface area contributed by atoms with E-state index < -0.39 is 0 Å². The summed E-state index contributed by atoms with van der Waals surface area (Å²) in [6.45, 7) is 0.535. The Hall–Kier alpha value is -3.49. The van der Waals surface area contributed by atoms with Gasteiger partial charge in [0.1, 0.15) is 6.61 Å². The molecule has 0 saturated carbocycles. The van der Waals surface area contributed by atoms with E-state index in [4.69, 9.17) is 21.1 Å². The van der Waals surface area contributed by atoms with Crippen molar-refractivity contribution in [3.8, 4) is 11.5 Å². The molecule has 0 bridgehead atoms. The molecule has 1 N–H and O–H groups in total. The molecule has 3 aromatic carbocycles. The number of halogens is 1. The van der Waals surface area contributed by atoms with Crippen LogP contribution in [0.3, 0.4) is 0 Å². The smallest absolute Gasteiger partial charge is 0.262 e. The summed E-state index contributed by atoms with van der Waals surface area (Å²) in [6, 6.07) is 21.6. The maximum absolute atomic E-state index is 13.3. The highest BCUT2D eigenvalue weighted by Crippen LogP contribution is 2.31. The number of nitrogens with zero attached hydrogens (tertiary/aromatic N) is 2. The molecule has 1 aliphatic rings. The van der Waals surface area contributed by atoms with Crippen LogP contribution in [0.2, 0.25) is 5.02 Å². The van der Waals surface area contributed by atoms with Crippen molar-refractivity contribution in [1.29, 1.82) is 0 Å². The van der Waals surface area contributed by atoms with Gasteiger partial charge in [-0.2, -0.15) is 0 Å². The Morgan fingerprint density at radius 2 is 1.79 bits per heavy atom. The quantitative estimate of drug-likeness (QED) is 0.312. The Balaban J connectivity index is 1.39. The normalized spacial score (nSPS) is 14.7. The number of fused-ring (bicyclic) bond motifs is 2. The number of carbonyl (C=O) groups is 1. The first-order chi connectivity index (χ1) is 16.6. The first kappa shape index (κ1) is 22.3. The van der Waals surface area contributed by atoms with E-state index in [0.29, 0.717) is 44.9 Å². The van der Waals surface area contributed by atoms with E-state index in [9.17, 15) is 9.59 Å². The molecule has 4 aromatic rings. The molecule has 0 aliphatic carbocycles. The predicted octanol–water partition coefficient (Wildman–Crippen LogP) is 4.62. The van der Waals surface area contributed by atoms with E-state index in [2.05, 4.69) is 10.3 Å². The summed E-state index contributed by atoms with van der Waals surface area (Å²) >= 11 is 7.32. The number of thioether (sulfide) groups is 1. The minimum Gasteiger partial charge on any atom is -0.486 e. The van der Waals surface area contributed by atoms with Gasteiger partial charge in [0.15, 0.2) is 22.8 Å². The zero-order valence-corrected chi connectivity index (χ0v) is 19.5. The number of amides is 1. The fraction of sp³-hybridized carbons (Fsp3) is 0.160. The molecular formula is C25H20ClN3O4S. The number of hydrogen-bond donors (Lipinski definition) is 1. The van der Waals surface area contributed by atoms with Crippen LogP contribution in [0.15, 0.2) is 82.7 Å². The molecule has 9 heteroatoms.